The van der Waals surface area contributed by atoms with Crippen LogP contribution in [0.4, 0.5) is 10.9 Å². The largest absolute Gasteiger partial charge is 0.332 e. The van der Waals surface area contributed by atoms with E-state index in [0.717, 1.165) is 9.44 Å². The lowest BCUT2D eigenvalue weighted by molar-refractivity contribution is -0.122. The molecule has 2 N–H and O–H groups in total. The van der Waals surface area contributed by atoms with E-state index in [1.54, 1.807) is 6.20 Å². The Balaban J connectivity index is 1.91. The number of nitrogens with zero attached hydrogens (tertiary/aromatic N) is 3. The number of thiazole rings is 1. The molecule has 0 spiro atoms. The molecule has 24 heavy (non-hydrogen) atoms. The fraction of sp³-hybridized carbons (Fsp3) is 0.357. The second kappa shape index (κ2) is 5.71. The zero-order valence-electron chi connectivity index (χ0n) is 13.2. The third kappa shape index (κ3) is 2.54. The molecule has 2 amide bonds. The molecule has 3 heterocycles. The maximum absolute atomic E-state index is 12.3. The van der Waals surface area contributed by atoms with Crippen LogP contribution in [0, 0.1) is 6.92 Å². The molecule has 0 saturated heterocycles. The molecule has 1 aliphatic rings. The topological polar surface area (TPSA) is 115 Å². The van der Waals surface area contributed by atoms with E-state index in [-0.39, 0.29) is 17.8 Å². The molecule has 1 atom stereocenters. The van der Waals surface area contributed by atoms with Crippen molar-refractivity contribution in [3.63, 3.8) is 0 Å². The smallest absolute Gasteiger partial charge is 0.311 e. The second-order valence-corrected chi connectivity index (χ2v) is 6.77. The Morgan fingerprint density at radius 2 is 2.04 bits per heavy atom. The third-order valence-electron chi connectivity index (χ3n) is 3.86. The van der Waals surface area contributed by atoms with Crippen LogP contribution in [0.25, 0.3) is 0 Å². The van der Waals surface area contributed by atoms with Gasteiger partial charge in [0.2, 0.25) is 11.8 Å². The first-order valence-electron chi connectivity index (χ1n) is 7.12. The number of hydrogen-bond acceptors (Lipinski definition) is 6. The Hall–Kier alpha value is -2.75. The minimum Gasteiger partial charge on any atom is -0.311 e. The molecule has 2 aromatic rings. The number of aromatic nitrogens is 3. The molecule has 126 valence electrons. The molecule has 10 heteroatoms. The van der Waals surface area contributed by atoms with Gasteiger partial charge in [0.05, 0.1) is 11.5 Å². The van der Waals surface area contributed by atoms with Crippen LogP contribution in [-0.2, 0) is 23.7 Å². The van der Waals surface area contributed by atoms with E-state index < -0.39 is 29.0 Å². The monoisotopic (exact) mass is 349 g/mol. The summed E-state index contributed by atoms with van der Waals surface area (Å²) in [7, 11) is 2.80. The van der Waals surface area contributed by atoms with Crippen molar-refractivity contribution in [2.75, 3.05) is 10.6 Å². The summed E-state index contributed by atoms with van der Waals surface area (Å²) >= 11 is 1.32. The zero-order valence-corrected chi connectivity index (χ0v) is 14.1. The minimum absolute atomic E-state index is 0.134. The van der Waals surface area contributed by atoms with Gasteiger partial charge in [-0.25, -0.2) is 9.78 Å². The number of carbonyl (C=O) groups is 2. The van der Waals surface area contributed by atoms with Gasteiger partial charge in [-0.05, 0) is 6.92 Å². The summed E-state index contributed by atoms with van der Waals surface area (Å²) in [5.41, 5.74) is -0.980. The summed E-state index contributed by atoms with van der Waals surface area (Å²) in [4.78, 5) is 53.6. The molecule has 1 aliphatic heterocycles. The summed E-state index contributed by atoms with van der Waals surface area (Å²) in [6.07, 6.45) is 1.42. The Morgan fingerprint density at radius 1 is 1.33 bits per heavy atom. The molecule has 2 aromatic heterocycles. The van der Waals surface area contributed by atoms with Gasteiger partial charge in [0.15, 0.2) is 5.13 Å². The molecule has 0 bridgehead atoms. The predicted molar refractivity (Wildman–Crippen MR) is 88.4 cm³/mol. The number of rotatable bonds is 3. The van der Waals surface area contributed by atoms with Gasteiger partial charge in [0.25, 0.3) is 5.56 Å². The number of carbonyl (C=O) groups excluding carboxylic acids is 2. The van der Waals surface area contributed by atoms with Gasteiger partial charge < -0.3 is 10.6 Å². The number of amides is 2. The Morgan fingerprint density at radius 3 is 2.67 bits per heavy atom. The fourth-order valence-corrected chi connectivity index (χ4v) is 3.31. The van der Waals surface area contributed by atoms with Gasteiger partial charge in [0.1, 0.15) is 5.82 Å². The highest BCUT2D eigenvalue weighted by Crippen LogP contribution is 2.31. The first-order valence-corrected chi connectivity index (χ1v) is 7.94. The van der Waals surface area contributed by atoms with Crippen LogP contribution >= 0.6 is 11.3 Å². The molecule has 0 unspecified atom stereocenters. The normalized spacial score (nSPS) is 16.0. The van der Waals surface area contributed by atoms with Crippen molar-refractivity contribution in [1.82, 2.24) is 14.1 Å². The van der Waals surface area contributed by atoms with Gasteiger partial charge in [-0.15, -0.1) is 11.3 Å². The van der Waals surface area contributed by atoms with Crippen molar-refractivity contribution in [3.05, 3.63) is 37.5 Å². The fourth-order valence-electron chi connectivity index (χ4n) is 2.63. The van der Waals surface area contributed by atoms with Crippen LogP contribution in [0.3, 0.4) is 0 Å². The maximum atomic E-state index is 12.3. The number of fused-ring (bicyclic) bond motifs is 1. The van der Waals surface area contributed by atoms with E-state index in [9.17, 15) is 19.2 Å². The van der Waals surface area contributed by atoms with E-state index in [1.165, 1.54) is 30.0 Å². The van der Waals surface area contributed by atoms with E-state index in [0.29, 0.717) is 5.13 Å². The Kier molecular flexibility index (Phi) is 3.84. The number of anilines is 2. The van der Waals surface area contributed by atoms with Gasteiger partial charge in [-0.1, -0.05) is 0 Å². The third-order valence-corrected chi connectivity index (χ3v) is 4.69. The summed E-state index contributed by atoms with van der Waals surface area (Å²) in [6.45, 7) is 1.86. The molecule has 0 fully saturated rings. The molecular formula is C14H15N5O4S. The van der Waals surface area contributed by atoms with Crippen LogP contribution in [0.5, 0.6) is 0 Å². The number of nitrogens with one attached hydrogen (secondary N) is 2. The van der Waals surface area contributed by atoms with Crippen LogP contribution < -0.4 is 21.9 Å². The molecular weight excluding hydrogens is 334 g/mol. The molecule has 0 aliphatic carbocycles. The molecule has 0 saturated carbocycles. The molecule has 0 aromatic carbocycles. The first kappa shape index (κ1) is 16.1. The van der Waals surface area contributed by atoms with Crippen molar-refractivity contribution in [2.24, 2.45) is 14.1 Å². The molecule has 3 rings (SSSR count). The highest BCUT2D eigenvalue weighted by atomic mass is 32.1. The van der Waals surface area contributed by atoms with Gasteiger partial charge >= 0.3 is 5.69 Å². The quantitative estimate of drug-likeness (QED) is 0.804. The Bertz CT molecular complexity index is 971. The lowest BCUT2D eigenvalue weighted by Gasteiger charge is -2.10. The predicted octanol–water partition coefficient (Wildman–Crippen LogP) is -0.0866. The van der Waals surface area contributed by atoms with Crippen molar-refractivity contribution < 1.29 is 9.59 Å². The average Bonchev–Trinajstić information content (AvgIpc) is 3.07. The molecule has 9 nitrogen and oxygen atoms in total. The summed E-state index contributed by atoms with van der Waals surface area (Å²) in [6, 6.07) is 0. The summed E-state index contributed by atoms with van der Waals surface area (Å²) < 4.78 is 2.12. The lowest BCUT2D eigenvalue weighted by Crippen LogP contribution is -2.39. The van der Waals surface area contributed by atoms with Gasteiger partial charge in [-0.3, -0.25) is 23.5 Å². The second-order valence-electron chi connectivity index (χ2n) is 5.54. The highest BCUT2D eigenvalue weighted by Gasteiger charge is 2.37. The van der Waals surface area contributed by atoms with Gasteiger partial charge in [-0.2, -0.15) is 0 Å². The van der Waals surface area contributed by atoms with Crippen LogP contribution in [0.15, 0.2) is 15.8 Å². The Labute approximate surface area is 140 Å². The zero-order chi connectivity index (χ0) is 17.6. The summed E-state index contributed by atoms with van der Waals surface area (Å²) in [5.74, 6) is -1.69. The lowest BCUT2D eigenvalue weighted by atomic mass is 9.99. The maximum Gasteiger partial charge on any atom is 0.332 e. The standard InChI is InChI=1S/C14H15N5O4S/c1-6-5-15-13(24-6)16-8(20)4-7-9-10(17-11(7)21)18(2)14(23)19(3)12(9)22/h5,7H,4H2,1-3H3,(H,17,21)(H,15,16,20)/t7-/m1/s1. The van der Waals surface area contributed by atoms with Crippen LogP contribution in [0.1, 0.15) is 22.8 Å². The van der Waals surface area contributed by atoms with Crippen molar-refractivity contribution in [2.45, 2.75) is 19.3 Å². The van der Waals surface area contributed by atoms with E-state index >= 15 is 0 Å². The van der Waals surface area contributed by atoms with Crippen LogP contribution in [-0.4, -0.2) is 25.9 Å². The van der Waals surface area contributed by atoms with E-state index in [1.807, 2.05) is 6.92 Å². The van der Waals surface area contributed by atoms with Crippen molar-refractivity contribution in [3.8, 4) is 0 Å². The van der Waals surface area contributed by atoms with Gasteiger partial charge in [0, 0.05) is 31.6 Å². The number of hydrogen-bond donors (Lipinski definition) is 2. The SMILES string of the molecule is Cc1cnc(NC(=O)C[C@H]2C(=O)Nc3c2c(=O)n(C)c(=O)n3C)s1. The van der Waals surface area contributed by atoms with Crippen molar-refractivity contribution in [1.29, 1.82) is 0 Å². The highest BCUT2D eigenvalue weighted by molar-refractivity contribution is 7.15. The molecule has 0 radical (unpaired) electrons. The first-order chi connectivity index (χ1) is 11.3. The van der Waals surface area contributed by atoms with E-state index in [2.05, 4.69) is 15.6 Å². The average molecular weight is 349 g/mol. The van der Waals surface area contributed by atoms with Crippen LogP contribution in [0.2, 0.25) is 0 Å². The summed E-state index contributed by atoms with van der Waals surface area (Å²) in [5, 5.41) is 5.56. The van der Waals surface area contributed by atoms with E-state index in [4.69, 9.17) is 0 Å². The van der Waals surface area contributed by atoms with Crippen molar-refractivity contribution >= 4 is 34.1 Å². The number of aryl methyl sites for hydroxylation is 1. The minimum atomic E-state index is -0.938.